The Morgan fingerprint density at radius 1 is 1.32 bits per heavy atom. The summed E-state index contributed by atoms with van der Waals surface area (Å²) in [6, 6.07) is 10.00. The number of carbonyl (C=O) groups excluding carboxylic acids is 1. The summed E-state index contributed by atoms with van der Waals surface area (Å²) in [7, 11) is 0. The number of aliphatic hydroxyl groups excluding tert-OH is 1. The fourth-order valence-electron chi connectivity index (χ4n) is 2.75. The molecule has 0 aliphatic carbocycles. The summed E-state index contributed by atoms with van der Waals surface area (Å²) < 4.78 is 0. The Kier molecular flexibility index (Phi) is 4.65. The van der Waals surface area contributed by atoms with Gasteiger partial charge >= 0.3 is 0 Å². The Labute approximate surface area is 130 Å². The van der Waals surface area contributed by atoms with Gasteiger partial charge in [0.25, 0.3) is 0 Å². The minimum Gasteiger partial charge on any atom is -0.393 e. The number of pyridine rings is 1. The van der Waals surface area contributed by atoms with Gasteiger partial charge in [0.1, 0.15) is 0 Å². The predicted octanol–water partition coefficient (Wildman–Crippen LogP) is 1.31. The van der Waals surface area contributed by atoms with Crippen LogP contribution in [0.4, 0.5) is 0 Å². The number of fused-ring (bicyclic) bond motifs is 1. The first-order valence-corrected chi connectivity index (χ1v) is 7.71. The summed E-state index contributed by atoms with van der Waals surface area (Å²) in [5.41, 5.74) is 1.96. The second-order valence-corrected chi connectivity index (χ2v) is 5.82. The van der Waals surface area contributed by atoms with Gasteiger partial charge in [-0.05, 0) is 30.5 Å². The lowest BCUT2D eigenvalue weighted by atomic mass is 10.1. The number of para-hydroxylation sites is 1. The van der Waals surface area contributed by atoms with E-state index >= 15 is 0 Å². The van der Waals surface area contributed by atoms with Crippen molar-refractivity contribution in [2.45, 2.75) is 25.5 Å². The first-order chi connectivity index (χ1) is 10.7. The van der Waals surface area contributed by atoms with Gasteiger partial charge in [-0.2, -0.15) is 0 Å². The highest BCUT2D eigenvalue weighted by Gasteiger charge is 2.18. The first kappa shape index (κ1) is 14.9. The maximum Gasteiger partial charge on any atom is 0.234 e. The zero-order valence-corrected chi connectivity index (χ0v) is 12.5. The van der Waals surface area contributed by atoms with Gasteiger partial charge in [-0.15, -0.1) is 0 Å². The van der Waals surface area contributed by atoms with Crippen molar-refractivity contribution in [1.29, 1.82) is 0 Å². The second kappa shape index (κ2) is 6.85. The third kappa shape index (κ3) is 3.81. The van der Waals surface area contributed by atoms with Crippen LogP contribution in [0.2, 0.25) is 0 Å². The standard InChI is InChI=1S/C17H21N3O2/c21-15-5-7-20(8-6-15)12-17(22)19-11-13-9-14-3-1-2-4-16(14)18-10-13/h1-4,9-10,15,21H,5-8,11-12H2,(H,19,22). The van der Waals surface area contributed by atoms with Crippen LogP contribution < -0.4 is 5.32 Å². The van der Waals surface area contributed by atoms with E-state index in [4.69, 9.17) is 0 Å². The molecule has 0 saturated carbocycles. The molecular formula is C17H21N3O2. The molecule has 0 bridgehead atoms. The van der Waals surface area contributed by atoms with Crippen LogP contribution in [0.3, 0.4) is 0 Å². The predicted molar refractivity (Wildman–Crippen MR) is 85.3 cm³/mol. The van der Waals surface area contributed by atoms with Gasteiger partial charge in [0.15, 0.2) is 0 Å². The molecule has 3 rings (SSSR count). The third-order valence-corrected chi connectivity index (χ3v) is 4.06. The lowest BCUT2D eigenvalue weighted by molar-refractivity contribution is -0.122. The van der Waals surface area contributed by atoms with Crippen molar-refractivity contribution >= 4 is 16.8 Å². The Morgan fingerprint density at radius 3 is 2.91 bits per heavy atom. The lowest BCUT2D eigenvalue weighted by Gasteiger charge is -2.28. The molecule has 2 heterocycles. The average molecular weight is 299 g/mol. The van der Waals surface area contributed by atoms with E-state index in [1.165, 1.54) is 0 Å². The number of nitrogens with zero attached hydrogens (tertiary/aromatic N) is 2. The zero-order chi connectivity index (χ0) is 15.4. The van der Waals surface area contributed by atoms with Crippen molar-refractivity contribution in [2.75, 3.05) is 19.6 Å². The smallest absolute Gasteiger partial charge is 0.234 e. The van der Waals surface area contributed by atoms with Crippen LogP contribution in [0.25, 0.3) is 10.9 Å². The van der Waals surface area contributed by atoms with Crippen LogP contribution in [-0.4, -0.2) is 46.6 Å². The number of amides is 1. The number of carbonyl (C=O) groups is 1. The highest BCUT2D eigenvalue weighted by molar-refractivity contribution is 5.80. The van der Waals surface area contributed by atoms with E-state index in [9.17, 15) is 9.90 Å². The number of nitrogens with one attached hydrogen (secondary N) is 1. The molecular weight excluding hydrogens is 278 g/mol. The highest BCUT2D eigenvalue weighted by atomic mass is 16.3. The molecule has 5 nitrogen and oxygen atoms in total. The quantitative estimate of drug-likeness (QED) is 0.893. The summed E-state index contributed by atoms with van der Waals surface area (Å²) in [6.07, 6.45) is 3.10. The van der Waals surface area contributed by atoms with Crippen LogP contribution in [0, 0.1) is 0 Å². The van der Waals surface area contributed by atoms with Crippen molar-refractivity contribution in [3.63, 3.8) is 0 Å². The molecule has 5 heteroatoms. The summed E-state index contributed by atoms with van der Waals surface area (Å²) in [4.78, 5) is 18.5. The number of likely N-dealkylation sites (tertiary alicyclic amines) is 1. The number of aliphatic hydroxyl groups is 1. The number of benzene rings is 1. The Balaban J connectivity index is 1.51. The minimum atomic E-state index is -0.206. The molecule has 1 aliphatic heterocycles. The van der Waals surface area contributed by atoms with Gasteiger partial charge in [-0.3, -0.25) is 14.7 Å². The van der Waals surface area contributed by atoms with E-state index in [-0.39, 0.29) is 12.0 Å². The van der Waals surface area contributed by atoms with Gasteiger partial charge in [0, 0.05) is 31.2 Å². The monoisotopic (exact) mass is 299 g/mol. The van der Waals surface area contributed by atoms with E-state index in [0.29, 0.717) is 13.1 Å². The molecule has 0 spiro atoms. The fraction of sp³-hybridized carbons (Fsp3) is 0.412. The molecule has 0 unspecified atom stereocenters. The van der Waals surface area contributed by atoms with Crippen molar-refractivity contribution in [3.05, 3.63) is 42.1 Å². The number of hydrogen-bond acceptors (Lipinski definition) is 4. The molecule has 0 radical (unpaired) electrons. The van der Waals surface area contributed by atoms with Crippen LogP contribution in [-0.2, 0) is 11.3 Å². The molecule has 1 aromatic heterocycles. The first-order valence-electron chi connectivity index (χ1n) is 7.71. The van der Waals surface area contributed by atoms with Gasteiger partial charge < -0.3 is 10.4 Å². The van der Waals surface area contributed by atoms with Gasteiger partial charge in [-0.25, -0.2) is 0 Å². The van der Waals surface area contributed by atoms with Crippen LogP contribution in [0.1, 0.15) is 18.4 Å². The van der Waals surface area contributed by atoms with Crippen LogP contribution in [0.15, 0.2) is 36.5 Å². The highest BCUT2D eigenvalue weighted by Crippen LogP contribution is 2.12. The maximum atomic E-state index is 12.0. The molecule has 0 atom stereocenters. The molecule has 1 saturated heterocycles. The molecule has 1 fully saturated rings. The van der Waals surface area contributed by atoms with Crippen LogP contribution in [0.5, 0.6) is 0 Å². The molecule has 22 heavy (non-hydrogen) atoms. The van der Waals surface area contributed by atoms with Crippen molar-refractivity contribution in [1.82, 2.24) is 15.2 Å². The summed E-state index contributed by atoms with van der Waals surface area (Å²) in [5.74, 6) is 0.0181. The number of piperidine rings is 1. The normalized spacial score (nSPS) is 16.8. The number of aromatic nitrogens is 1. The molecule has 2 aromatic rings. The lowest BCUT2D eigenvalue weighted by Crippen LogP contribution is -2.42. The maximum absolute atomic E-state index is 12.0. The van der Waals surface area contributed by atoms with E-state index in [0.717, 1.165) is 42.4 Å². The molecule has 1 aliphatic rings. The number of rotatable bonds is 4. The Morgan fingerprint density at radius 2 is 2.09 bits per heavy atom. The Hall–Kier alpha value is -1.98. The topological polar surface area (TPSA) is 65.5 Å². The SMILES string of the molecule is O=C(CN1CCC(O)CC1)NCc1cnc2ccccc2c1. The largest absolute Gasteiger partial charge is 0.393 e. The van der Waals surface area contributed by atoms with Gasteiger partial charge in [0.05, 0.1) is 18.2 Å². The van der Waals surface area contributed by atoms with Gasteiger partial charge in [-0.1, -0.05) is 18.2 Å². The Bertz CT molecular complexity index is 651. The zero-order valence-electron chi connectivity index (χ0n) is 12.5. The van der Waals surface area contributed by atoms with Crippen molar-refractivity contribution in [3.8, 4) is 0 Å². The van der Waals surface area contributed by atoms with Crippen molar-refractivity contribution < 1.29 is 9.90 Å². The van der Waals surface area contributed by atoms with E-state index < -0.39 is 0 Å². The fourth-order valence-corrected chi connectivity index (χ4v) is 2.75. The van der Waals surface area contributed by atoms with Crippen LogP contribution >= 0.6 is 0 Å². The number of hydrogen-bond donors (Lipinski definition) is 2. The molecule has 116 valence electrons. The van der Waals surface area contributed by atoms with E-state index in [1.807, 2.05) is 24.3 Å². The molecule has 1 aromatic carbocycles. The van der Waals surface area contributed by atoms with E-state index in [1.54, 1.807) is 6.20 Å². The molecule has 2 N–H and O–H groups in total. The van der Waals surface area contributed by atoms with Crippen molar-refractivity contribution in [2.24, 2.45) is 0 Å². The van der Waals surface area contributed by atoms with E-state index in [2.05, 4.69) is 21.3 Å². The summed E-state index contributed by atoms with van der Waals surface area (Å²) in [6.45, 7) is 2.46. The average Bonchev–Trinajstić information content (AvgIpc) is 2.55. The summed E-state index contributed by atoms with van der Waals surface area (Å²) >= 11 is 0. The second-order valence-electron chi connectivity index (χ2n) is 5.82. The molecule has 1 amide bonds. The minimum absolute atomic E-state index is 0.0181. The summed E-state index contributed by atoms with van der Waals surface area (Å²) in [5, 5.41) is 13.5. The van der Waals surface area contributed by atoms with Gasteiger partial charge in [0.2, 0.25) is 5.91 Å². The third-order valence-electron chi connectivity index (χ3n) is 4.06.